The lowest BCUT2D eigenvalue weighted by Crippen LogP contribution is -2.51. The molecule has 1 spiro atoms. The van der Waals surface area contributed by atoms with E-state index in [1.54, 1.807) is 0 Å². The first-order chi connectivity index (χ1) is 7.28. The van der Waals surface area contributed by atoms with Crippen molar-refractivity contribution in [1.82, 2.24) is 5.32 Å². The van der Waals surface area contributed by atoms with Gasteiger partial charge in [0.25, 0.3) is 0 Å². The maximum atomic E-state index is 11.7. The van der Waals surface area contributed by atoms with Crippen LogP contribution in [0.5, 0.6) is 0 Å². The molecule has 1 atom stereocenters. The van der Waals surface area contributed by atoms with Crippen LogP contribution < -0.4 is 5.32 Å². The van der Waals surface area contributed by atoms with E-state index in [0.29, 0.717) is 0 Å². The molecule has 2 rings (SSSR count). The van der Waals surface area contributed by atoms with Gasteiger partial charge < -0.3 is 14.8 Å². The number of esters is 1. The average molecular weight is 213 g/mol. The summed E-state index contributed by atoms with van der Waals surface area (Å²) < 4.78 is 10.3. The Labute approximate surface area is 90.3 Å². The highest BCUT2D eigenvalue weighted by Gasteiger charge is 2.45. The minimum atomic E-state index is -0.0656. The van der Waals surface area contributed by atoms with Gasteiger partial charge in [0, 0.05) is 19.8 Å². The molecule has 2 heterocycles. The number of piperidine rings is 1. The number of hydrogen-bond acceptors (Lipinski definition) is 4. The van der Waals surface area contributed by atoms with Gasteiger partial charge in [-0.1, -0.05) is 0 Å². The van der Waals surface area contributed by atoms with Crippen molar-refractivity contribution in [2.75, 3.05) is 33.4 Å². The zero-order valence-corrected chi connectivity index (χ0v) is 9.25. The standard InChI is InChI=1S/C11H19NO3/c1-14-10(13)9-8-12-5-2-11(9)3-6-15-7-4-11/h9,12H,2-8H2,1H3. The molecule has 2 fully saturated rings. The molecule has 2 aliphatic heterocycles. The lowest BCUT2D eigenvalue weighted by molar-refractivity contribution is -0.155. The van der Waals surface area contributed by atoms with Crippen LogP contribution in [0.1, 0.15) is 19.3 Å². The van der Waals surface area contributed by atoms with Crippen molar-refractivity contribution in [1.29, 1.82) is 0 Å². The van der Waals surface area contributed by atoms with Crippen LogP contribution in [-0.4, -0.2) is 39.4 Å². The third kappa shape index (κ3) is 2.01. The van der Waals surface area contributed by atoms with Crippen molar-refractivity contribution >= 4 is 5.97 Å². The Hall–Kier alpha value is -0.610. The Morgan fingerprint density at radius 3 is 2.80 bits per heavy atom. The summed E-state index contributed by atoms with van der Waals surface area (Å²) in [5.41, 5.74) is 0.136. The second-order valence-corrected chi connectivity index (χ2v) is 4.50. The first-order valence-electron chi connectivity index (χ1n) is 5.65. The number of hydrogen-bond donors (Lipinski definition) is 1. The summed E-state index contributed by atoms with van der Waals surface area (Å²) in [6.07, 6.45) is 3.05. The van der Waals surface area contributed by atoms with Crippen molar-refractivity contribution < 1.29 is 14.3 Å². The number of ether oxygens (including phenoxy) is 2. The van der Waals surface area contributed by atoms with E-state index in [2.05, 4.69) is 5.32 Å². The second kappa shape index (κ2) is 4.49. The van der Waals surface area contributed by atoms with Gasteiger partial charge in [0.05, 0.1) is 13.0 Å². The zero-order valence-electron chi connectivity index (χ0n) is 9.25. The molecule has 1 N–H and O–H groups in total. The van der Waals surface area contributed by atoms with Crippen LogP contribution in [0.2, 0.25) is 0 Å². The third-order valence-electron chi connectivity index (χ3n) is 3.86. The monoisotopic (exact) mass is 213 g/mol. The molecule has 0 saturated carbocycles. The van der Waals surface area contributed by atoms with E-state index in [9.17, 15) is 4.79 Å². The molecular weight excluding hydrogens is 194 g/mol. The fourth-order valence-corrected chi connectivity index (χ4v) is 2.83. The minimum absolute atomic E-state index is 0.0140. The summed E-state index contributed by atoms with van der Waals surface area (Å²) in [4.78, 5) is 11.7. The topological polar surface area (TPSA) is 47.6 Å². The predicted octanol–water partition coefficient (Wildman–Crippen LogP) is 0.566. The Morgan fingerprint density at radius 2 is 2.13 bits per heavy atom. The Balaban J connectivity index is 2.13. The molecular formula is C11H19NO3. The van der Waals surface area contributed by atoms with Crippen LogP contribution in [0, 0.1) is 11.3 Å². The van der Waals surface area contributed by atoms with Crippen molar-refractivity contribution in [2.24, 2.45) is 11.3 Å². The summed E-state index contributed by atoms with van der Waals surface area (Å²) in [6.45, 7) is 3.33. The Morgan fingerprint density at radius 1 is 1.40 bits per heavy atom. The molecule has 0 aromatic heterocycles. The SMILES string of the molecule is COC(=O)C1CNCCC12CCOCC2. The molecule has 0 aromatic rings. The van der Waals surface area contributed by atoms with Gasteiger partial charge in [-0.25, -0.2) is 0 Å². The van der Waals surface area contributed by atoms with E-state index in [1.807, 2.05) is 0 Å². The van der Waals surface area contributed by atoms with Crippen molar-refractivity contribution in [3.63, 3.8) is 0 Å². The van der Waals surface area contributed by atoms with Crippen LogP contribution in [0.4, 0.5) is 0 Å². The van der Waals surface area contributed by atoms with Gasteiger partial charge in [-0.05, 0) is 31.2 Å². The molecule has 2 aliphatic rings. The van der Waals surface area contributed by atoms with Crippen LogP contribution >= 0.6 is 0 Å². The molecule has 1 unspecified atom stereocenters. The van der Waals surface area contributed by atoms with Crippen molar-refractivity contribution in [3.8, 4) is 0 Å². The Kier molecular flexibility index (Phi) is 3.26. The van der Waals surface area contributed by atoms with Gasteiger partial charge in [0.15, 0.2) is 0 Å². The Bertz CT molecular complexity index is 228. The van der Waals surface area contributed by atoms with Crippen LogP contribution in [0.3, 0.4) is 0 Å². The van der Waals surface area contributed by atoms with Gasteiger partial charge in [-0.2, -0.15) is 0 Å². The third-order valence-corrected chi connectivity index (χ3v) is 3.86. The highest BCUT2D eigenvalue weighted by Crippen LogP contribution is 2.43. The summed E-state index contributed by atoms with van der Waals surface area (Å²) in [6, 6.07) is 0. The quantitative estimate of drug-likeness (QED) is 0.647. The normalized spacial score (nSPS) is 30.1. The minimum Gasteiger partial charge on any atom is -0.469 e. The molecule has 86 valence electrons. The number of methoxy groups -OCH3 is 1. The molecule has 0 radical (unpaired) electrons. The van der Waals surface area contributed by atoms with E-state index >= 15 is 0 Å². The van der Waals surface area contributed by atoms with Gasteiger partial charge in [-0.3, -0.25) is 4.79 Å². The van der Waals surface area contributed by atoms with Crippen molar-refractivity contribution in [3.05, 3.63) is 0 Å². The number of rotatable bonds is 1. The predicted molar refractivity (Wildman–Crippen MR) is 55.5 cm³/mol. The number of carbonyl (C=O) groups is 1. The first-order valence-corrected chi connectivity index (χ1v) is 5.65. The number of carbonyl (C=O) groups excluding carboxylic acids is 1. The first kappa shape index (κ1) is 10.9. The smallest absolute Gasteiger partial charge is 0.310 e. The lowest BCUT2D eigenvalue weighted by Gasteiger charge is -2.45. The fraction of sp³-hybridized carbons (Fsp3) is 0.909. The largest absolute Gasteiger partial charge is 0.469 e. The summed E-state index contributed by atoms with van der Waals surface area (Å²) in [5.74, 6) is -0.0516. The van der Waals surface area contributed by atoms with E-state index < -0.39 is 0 Å². The molecule has 0 aromatic carbocycles. The fourth-order valence-electron chi connectivity index (χ4n) is 2.83. The molecule has 0 bridgehead atoms. The van der Waals surface area contributed by atoms with Gasteiger partial charge in [0.2, 0.25) is 0 Å². The molecule has 0 aliphatic carbocycles. The van der Waals surface area contributed by atoms with Crippen LogP contribution in [0.25, 0.3) is 0 Å². The highest BCUT2D eigenvalue weighted by molar-refractivity contribution is 5.73. The maximum absolute atomic E-state index is 11.7. The van der Waals surface area contributed by atoms with E-state index in [0.717, 1.165) is 45.6 Å². The van der Waals surface area contributed by atoms with Gasteiger partial charge in [0.1, 0.15) is 0 Å². The van der Waals surface area contributed by atoms with Gasteiger partial charge >= 0.3 is 5.97 Å². The average Bonchev–Trinajstić information content (AvgIpc) is 2.30. The maximum Gasteiger partial charge on any atom is 0.310 e. The van der Waals surface area contributed by atoms with Crippen molar-refractivity contribution in [2.45, 2.75) is 19.3 Å². The molecule has 4 heteroatoms. The van der Waals surface area contributed by atoms with E-state index in [4.69, 9.17) is 9.47 Å². The van der Waals surface area contributed by atoms with E-state index in [1.165, 1.54) is 7.11 Å². The van der Waals surface area contributed by atoms with Crippen LogP contribution in [-0.2, 0) is 14.3 Å². The van der Waals surface area contributed by atoms with E-state index in [-0.39, 0.29) is 17.3 Å². The lowest BCUT2D eigenvalue weighted by atomic mass is 9.66. The second-order valence-electron chi connectivity index (χ2n) is 4.50. The molecule has 15 heavy (non-hydrogen) atoms. The zero-order chi connectivity index (χ0) is 10.7. The number of nitrogens with one attached hydrogen (secondary N) is 1. The molecule has 0 amide bonds. The highest BCUT2D eigenvalue weighted by atomic mass is 16.5. The molecule has 4 nitrogen and oxygen atoms in total. The summed E-state index contributed by atoms with van der Waals surface area (Å²) in [7, 11) is 1.48. The van der Waals surface area contributed by atoms with Crippen LogP contribution in [0.15, 0.2) is 0 Å². The molecule has 2 saturated heterocycles. The summed E-state index contributed by atoms with van der Waals surface area (Å²) in [5, 5.41) is 3.28. The van der Waals surface area contributed by atoms with Gasteiger partial charge in [-0.15, -0.1) is 0 Å². The summed E-state index contributed by atoms with van der Waals surface area (Å²) >= 11 is 0.